The van der Waals surface area contributed by atoms with E-state index in [-0.39, 0.29) is 17.5 Å². The summed E-state index contributed by atoms with van der Waals surface area (Å²) in [5, 5.41) is 8.85. The normalized spacial score (nSPS) is 10.7. The molecule has 3 rings (SSSR count). The van der Waals surface area contributed by atoms with Crippen LogP contribution in [0.5, 0.6) is 0 Å². The van der Waals surface area contributed by atoms with Crippen LogP contribution < -0.4 is 0 Å². The standard InChI is InChI=1S/C21H20BrFN4OS/c1-3-12-27-20(16-9-5-7-11-18(16)23)24-25-21(27)29-14-19(28)26(2)13-15-8-4-6-10-17(15)22/h3-11H,1,12-14H2,2H3. The molecule has 0 aliphatic heterocycles. The molecule has 0 bridgehead atoms. The van der Waals surface area contributed by atoms with Gasteiger partial charge < -0.3 is 4.90 Å². The molecule has 5 nitrogen and oxygen atoms in total. The van der Waals surface area contributed by atoms with Crippen LogP contribution in [-0.2, 0) is 17.9 Å². The molecule has 0 radical (unpaired) electrons. The maximum Gasteiger partial charge on any atom is 0.233 e. The second-order valence-corrected chi connectivity index (χ2v) is 8.11. The Labute approximate surface area is 181 Å². The number of nitrogens with zero attached hydrogens (tertiary/aromatic N) is 4. The maximum atomic E-state index is 14.2. The molecule has 0 unspecified atom stereocenters. The lowest BCUT2D eigenvalue weighted by Crippen LogP contribution is -2.28. The average Bonchev–Trinajstić information content (AvgIpc) is 3.11. The molecule has 0 saturated heterocycles. The Kier molecular flexibility index (Phi) is 7.22. The number of carbonyl (C=O) groups excluding carboxylic acids is 1. The Hall–Kier alpha value is -2.45. The average molecular weight is 475 g/mol. The fraction of sp³-hybridized carbons (Fsp3) is 0.190. The molecular weight excluding hydrogens is 455 g/mol. The molecule has 3 aromatic rings. The first-order valence-corrected chi connectivity index (χ1v) is 10.7. The van der Waals surface area contributed by atoms with Crippen LogP contribution in [0, 0.1) is 5.82 Å². The van der Waals surface area contributed by atoms with Crippen LogP contribution in [0.25, 0.3) is 11.4 Å². The number of hydrogen-bond donors (Lipinski definition) is 0. The van der Waals surface area contributed by atoms with Crippen molar-refractivity contribution in [3.05, 3.63) is 77.0 Å². The summed E-state index contributed by atoms with van der Waals surface area (Å²) in [7, 11) is 1.77. The number of carbonyl (C=O) groups is 1. The number of allylic oxidation sites excluding steroid dienone is 1. The van der Waals surface area contributed by atoms with Gasteiger partial charge in [0.25, 0.3) is 0 Å². The SMILES string of the molecule is C=CCn1c(SCC(=O)N(C)Cc2ccccc2Br)nnc1-c1ccccc1F. The van der Waals surface area contributed by atoms with Crippen LogP contribution in [0.15, 0.2) is 70.8 Å². The Morgan fingerprint density at radius 2 is 1.97 bits per heavy atom. The van der Waals surface area contributed by atoms with E-state index in [2.05, 4.69) is 32.7 Å². The molecule has 2 aromatic carbocycles. The molecule has 0 aliphatic rings. The minimum Gasteiger partial charge on any atom is -0.341 e. The summed E-state index contributed by atoms with van der Waals surface area (Å²) in [6.45, 7) is 4.67. The number of halogens is 2. The van der Waals surface area contributed by atoms with E-state index < -0.39 is 0 Å². The third kappa shape index (κ3) is 5.13. The molecule has 29 heavy (non-hydrogen) atoms. The number of benzene rings is 2. The van der Waals surface area contributed by atoms with Gasteiger partial charge in [-0.25, -0.2) is 4.39 Å². The van der Waals surface area contributed by atoms with Gasteiger partial charge in [0.05, 0.1) is 11.3 Å². The van der Waals surface area contributed by atoms with Crippen molar-refractivity contribution in [2.24, 2.45) is 0 Å². The summed E-state index contributed by atoms with van der Waals surface area (Å²) in [6.07, 6.45) is 1.69. The molecule has 0 atom stereocenters. The zero-order chi connectivity index (χ0) is 20.8. The lowest BCUT2D eigenvalue weighted by Gasteiger charge is -2.18. The number of aromatic nitrogens is 3. The molecule has 0 fully saturated rings. The molecule has 1 heterocycles. The highest BCUT2D eigenvalue weighted by Crippen LogP contribution is 2.26. The Balaban J connectivity index is 1.72. The second-order valence-electron chi connectivity index (χ2n) is 6.32. The van der Waals surface area contributed by atoms with Gasteiger partial charge in [-0.05, 0) is 23.8 Å². The molecule has 0 aliphatic carbocycles. The van der Waals surface area contributed by atoms with Gasteiger partial charge in [-0.3, -0.25) is 9.36 Å². The monoisotopic (exact) mass is 474 g/mol. The minimum atomic E-state index is -0.369. The molecule has 0 N–H and O–H groups in total. The first kappa shape index (κ1) is 21.3. The number of rotatable bonds is 8. The van der Waals surface area contributed by atoms with Crippen molar-refractivity contribution in [1.82, 2.24) is 19.7 Å². The van der Waals surface area contributed by atoms with Crippen molar-refractivity contribution in [2.45, 2.75) is 18.2 Å². The molecule has 150 valence electrons. The van der Waals surface area contributed by atoms with E-state index in [1.54, 1.807) is 40.8 Å². The van der Waals surface area contributed by atoms with Crippen molar-refractivity contribution in [1.29, 1.82) is 0 Å². The highest BCUT2D eigenvalue weighted by molar-refractivity contribution is 9.10. The largest absolute Gasteiger partial charge is 0.341 e. The molecule has 1 amide bonds. The number of thioether (sulfide) groups is 1. The maximum absolute atomic E-state index is 14.2. The second kappa shape index (κ2) is 9.84. The Morgan fingerprint density at radius 1 is 1.24 bits per heavy atom. The van der Waals surface area contributed by atoms with Crippen LogP contribution in [0.3, 0.4) is 0 Å². The van der Waals surface area contributed by atoms with Crippen LogP contribution >= 0.6 is 27.7 Å². The molecular formula is C21H20BrFN4OS. The lowest BCUT2D eigenvalue weighted by atomic mass is 10.2. The number of hydrogen-bond acceptors (Lipinski definition) is 4. The van der Waals surface area contributed by atoms with Gasteiger partial charge in [0.15, 0.2) is 11.0 Å². The van der Waals surface area contributed by atoms with E-state index in [1.807, 2.05) is 24.3 Å². The molecule has 1 aromatic heterocycles. The first-order valence-electron chi connectivity index (χ1n) is 8.90. The smallest absolute Gasteiger partial charge is 0.233 e. The van der Waals surface area contributed by atoms with Crippen LogP contribution in [0.2, 0.25) is 0 Å². The summed E-state index contributed by atoms with van der Waals surface area (Å²) in [5.41, 5.74) is 1.40. The van der Waals surface area contributed by atoms with E-state index in [1.165, 1.54) is 17.8 Å². The predicted molar refractivity (Wildman–Crippen MR) is 117 cm³/mol. The summed E-state index contributed by atoms with van der Waals surface area (Å²) in [6, 6.07) is 14.2. The van der Waals surface area contributed by atoms with Gasteiger partial charge >= 0.3 is 0 Å². The van der Waals surface area contributed by atoms with Crippen molar-refractivity contribution in [2.75, 3.05) is 12.8 Å². The summed E-state index contributed by atoms with van der Waals surface area (Å²) in [4.78, 5) is 14.3. The summed E-state index contributed by atoms with van der Waals surface area (Å²) < 4.78 is 16.9. The van der Waals surface area contributed by atoms with E-state index in [0.29, 0.717) is 29.6 Å². The van der Waals surface area contributed by atoms with E-state index in [0.717, 1.165) is 10.0 Å². The third-order valence-corrected chi connectivity index (χ3v) is 5.98. The molecule has 0 spiro atoms. The molecule has 0 saturated carbocycles. The highest BCUT2D eigenvalue weighted by Gasteiger charge is 2.18. The van der Waals surface area contributed by atoms with Crippen LogP contribution in [0.1, 0.15) is 5.56 Å². The minimum absolute atomic E-state index is 0.0358. The third-order valence-electron chi connectivity index (χ3n) is 4.26. The summed E-state index contributed by atoms with van der Waals surface area (Å²) in [5.74, 6) is 0.213. The topological polar surface area (TPSA) is 51.0 Å². The van der Waals surface area contributed by atoms with Crippen molar-refractivity contribution in [3.63, 3.8) is 0 Å². The fourth-order valence-corrected chi connectivity index (χ4v) is 4.04. The highest BCUT2D eigenvalue weighted by atomic mass is 79.9. The van der Waals surface area contributed by atoms with Crippen LogP contribution in [-0.4, -0.2) is 38.4 Å². The van der Waals surface area contributed by atoms with Crippen molar-refractivity contribution in [3.8, 4) is 11.4 Å². The van der Waals surface area contributed by atoms with E-state index in [4.69, 9.17) is 0 Å². The van der Waals surface area contributed by atoms with Crippen molar-refractivity contribution < 1.29 is 9.18 Å². The van der Waals surface area contributed by atoms with E-state index >= 15 is 0 Å². The fourth-order valence-electron chi connectivity index (χ4n) is 2.74. The predicted octanol–water partition coefficient (Wildman–Crippen LogP) is 4.78. The van der Waals surface area contributed by atoms with Gasteiger partial charge in [-0.1, -0.05) is 64.1 Å². The van der Waals surface area contributed by atoms with Gasteiger partial charge in [0.1, 0.15) is 5.82 Å². The quantitative estimate of drug-likeness (QED) is 0.348. The Bertz CT molecular complexity index is 1020. The van der Waals surface area contributed by atoms with Gasteiger partial charge in [-0.2, -0.15) is 0 Å². The number of amides is 1. The zero-order valence-electron chi connectivity index (χ0n) is 15.9. The van der Waals surface area contributed by atoms with Gasteiger partial charge in [-0.15, -0.1) is 16.8 Å². The van der Waals surface area contributed by atoms with Gasteiger partial charge in [0, 0.05) is 24.6 Å². The van der Waals surface area contributed by atoms with Crippen molar-refractivity contribution >= 4 is 33.6 Å². The lowest BCUT2D eigenvalue weighted by molar-refractivity contribution is -0.127. The summed E-state index contributed by atoms with van der Waals surface area (Å²) >= 11 is 4.78. The molecule has 8 heteroatoms. The van der Waals surface area contributed by atoms with Crippen LogP contribution in [0.4, 0.5) is 4.39 Å². The Morgan fingerprint density at radius 3 is 2.69 bits per heavy atom. The van der Waals surface area contributed by atoms with Gasteiger partial charge in [0.2, 0.25) is 5.91 Å². The first-order chi connectivity index (χ1) is 14.0. The zero-order valence-corrected chi connectivity index (χ0v) is 18.3. The van der Waals surface area contributed by atoms with E-state index in [9.17, 15) is 9.18 Å².